The van der Waals surface area contributed by atoms with Crippen LogP contribution in [0.15, 0.2) is 48.8 Å². The fourth-order valence-corrected chi connectivity index (χ4v) is 4.05. The van der Waals surface area contributed by atoms with Crippen LogP contribution >= 0.6 is 0 Å². The number of nitrogens with two attached hydrogens (primary N) is 1. The summed E-state index contributed by atoms with van der Waals surface area (Å²) in [5.74, 6) is 0.0497. The maximum atomic E-state index is 12.7. The Kier molecular flexibility index (Phi) is 7.04. The van der Waals surface area contributed by atoms with Gasteiger partial charge in [-0.1, -0.05) is 12.1 Å². The van der Waals surface area contributed by atoms with Crippen LogP contribution in [0.3, 0.4) is 0 Å². The van der Waals surface area contributed by atoms with Crippen molar-refractivity contribution in [1.82, 2.24) is 14.9 Å². The van der Waals surface area contributed by atoms with Crippen molar-refractivity contribution in [1.29, 1.82) is 0 Å². The van der Waals surface area contributed by atoms with Crippen molar-refractivity contribution >= 4 is 22.7 Å². The molecule has 3 aromatic rings. The van der Waals surface area contributed by atoms with E-state index >= 15 is 0 Å². The molecule has 2 N–H and O–H groups in total. The molecule has 4 rings (SSSR count). The summed E-state index contributed by atoms with van der Waals surface area (Å²) in [5.41, 5.74) is 7.06. The van der Waals surface area contributed by atoms with E-state index < -0.39 is 11.5 Å². The lowest BCUT2D eigenvalue weighted by atomic mass is 9.92. The molecule has 9 heteroatoms. The van der Waals surface area contributed by atoms with Gasteiger partial charge in [0.05, 0.1) is 12.1 Å². The SMILES string of the molecule is CN(C)C(=O)C1(OCCOc2ccc(-c3cncc4ccc(C(N)=O)nc34)cc2)CCOCC1. The van der Waals surface area contributed by atoms with Gasteiger partial charge in [-0.3, -0.25) is 14.6 Å². The molecule has 0 atom stereocenters. The number of carbonyl (C=O) groups excluding carboxylic acids is 2. The molecular weight excluding hydrogens is 436 g/mol. The lowest BCUT2D eigenvalue weighted by molar-refractivity contribution is -0.170. The van der Waals surface area contributed by atoms with Gasteiger partial charge < -0.3 is 24.8 Å². The highest BCUT2D eigenvalue weighted by molar-refractivity contribution is 5.97. The standard InChI is InChI=1S/C25H28N4O5/c1-29(2)24(31)25(9-11-32-12-10-25)34-14-13-33-19-6-3-17(4-7-19)20-16-27-15-18-5-8-21(23(26)30)28-22(18)20/h3-8,15-16H,9-14H2,1-2H3,(H2,26,30). The van der Waals surface area contributed by atoms with Crippen molar-refractivity contribution in [3.05, 3.63) is 54.5 Å². The van der Waals surface area contributed by atoms with E-state index in [9.17, 15) is 9.59 Å². The minimum atomic E-state index is -0.854. The molecule has 1 aromatic carbocycles. The van der Waals surface area contributed by atoms with Gasteiger partial charge in [-0.25, -0.2) is 4.98 Å². The Labute approximate surface area is 197 Å². The van der Waals surface area contributed by atoms with Gasteiger partial charge in [0.1, 0.15) is 18.1 Å². The highest BCUT2D eigenvalue weighted by atomic mass is 16.5. The van der Waals surface area contributed by atoms with Crippen LogP contribution in [0.25, 0.3) is 22.0 Å². The number of likely N-dealkylation sites (N-methyl/N-ethyl adjacent to an activating group) is 1. The zero-order valence-electron chi connectivity index (χ0n) is 19.3. The Balaban J connectivity index is 1.41. The van der Waals surface area contributed by atoms with Crippen molar-refractivity contribution in [3.63, 3.8) is 0 Å². The Morgan fingerprint density at radius 2 is 1.79 bits per heavy atom. The molecule has 2 aromatic heterocycles. The molecule has 0 saturated carbocycles. The molecule has 1 saturated heterocycles. The van der Waals surface area contributed by atoms with E-state index in [0.717, 1.165) is 16.5 Å². The first-order chi connectivity index (χ1) is 16.4. The maximum absolute atomic E-state index is 12.7. The molecule has 0 unspecified atom stereocenters. The summed E-state index contributed by atoms with van der Waals surface area (Å²) in [7, 11) is 3.47. The second-order valence-corrected chi connectivity index (χ2v) is 8.35. The maximum Gasteiger partial charge on any atom is 0.267 e. The van der Waals surface area contributed by atoms with Gasteiger partial charge in [-0.2, -0.15) is 0 Å². The number of benzene rings is 1. The highest BCUT2D eigenvalue weighted by Crippen LogP contribution is 2.29. The number of amides is 2. The minimum Gasteiger partial charge on any atom is -0.491 e. The summed E-state index contributed by atoms with van der Waals surface area (Å²) in [6, 6.07) is 10.9. The summed E-state index contributed by atoms with van der Waals surface area (Å²) < 4.78 is 17.3. The van der Waals surface area contributed by atoms with Crippen molar-refractivity contribution in [2.75, 3.05) is 40.5 Å². The first-order valence-electron chi connectivity index (χ1n) is 11.1. The molecule has 0 bridgehead atoms. The Bertz CT molecular complexity index is 1170. The Morgan fingerprint density at radius 1 is 1.06 bits per heavy atom. The zero-order valence-corrected chi connectivity index (χ0v) is 19.3. The number of nitrogens with zero attached hydrogens (tertiary/aromatic N) is 3. The monoisotopic (exact) mass is 464 g/mol. The smallest absolute Gasteiger partial charge is 0.267 e. The third kappa shape index (κ3) is 5.00. The van der Waals surface area contributed by atoms with E-state index in [1.54, 1.807) is 43.5 Å². The molecule has 34 heavy (non-hydrogen) atoms. The van der Waals surface area contributed by atoms with Gasteiger partial charge in [0.2, 0.25) is 0 Å². The number of rotatable bonds is 8. The molecule has 2 amide bonds. The normalized spacial score (nSPS) is 15.1. The molecule has 0 spiro atoms. The van der Waals surface area contributed by atoms with E-state index in [0.29, 0.717) is 43.9 Å². The topological polar surface area (TPSA) is 117 Å². The molecule has 3 heterocycles. The second kappa shape index (κ2) is 10.1. The number of primary amides is 1. The van der Waals surface area contributed by atoms with Crippen molar-refractivity contribution in [2.45, 2.75) is 18.4 Å². The molecule has 1 aliphatic rings. The van der Waals surface area contributed by atoms with E-state index in [1.165, 1.54) is 0 Å². The summed E-state index contributed by atoms with van der Waals surface area (Å²) in [6.45, 7) is 1.60. The quantitative estimate of drug-likeness (QED) is 0.509. The predicted octanol–water partition coefficient (Wildman–Crippen LogP) is 2.43. The van der Waals surface area contributed by atoms with Crippen LogP contribution in [0, 0.1) is 0 Å². The highest BCUT2D eigenvalue weighted by Gasteiger charge is 2.42. The van der Waals surface area contributed by atoms with E-state index in [2.05, 4.69) is 9.97 Å². The molecule has 0 aliphatic carbocycles. The molecule has 178 valence electrons. The van der Waals surface area contributed by atoms with Crippen LogP contribution in [-0.4, -0.2) is 72.8 Å². The first-order valence-corrected chi connectivity index (χ1v) is 11.1. The number of fused-ring (bicyclic) bond motifs is 1. The minimum absolute atomic E-state index is 0.0445. The number of pyridine rings is 2. The van der Waals surface area contributed by atoms with Crippen LogP contribution in [0.5, 0.6) is 5.75 Å². The Hall–Kier alpha value is -3.56. The van der Waals surface area contributed by atoms with Gasteiger partial charge in [-0.15, -0.1) is 0 Å². The van der Waals surface area contributed by atoms with Gasteiger partial charge in [0.25, 0.3) is 11.8 Å². The largest absolute Gasteiger partial charge is 0.491 e. The van der Waals surface area contributed by atoms with Gasteiger partial charge in [-0.05, 0) is 29.8 Å². The van der Waals surface area contributed by atoms with Crippen LogP contribution in [-0.2, 0) is 14.3 Å². The average Bonchev–Trinajstić information content (AvgIpc) is 2.86. The zero-order chi connectivity index (χ0) is 24.1. The lowest BCUT2D eigenvalue weighted by Gasteiger charge is -2.37. The summed E-state index contributed by atoms with van der Waals surface area (Å²) in [4.78, 5) is 34.5. The lowest BCUT2D eigenvalue weighted by Crippen LogP contribution is -2.52. The van der Waals surface area contributed by atoms with Crippen molar-refractivity contribution in [2.24, 2.45) is 5.73 Å². The van der Waals surface area contributed by atoms with Crippen LogP contribution in [0.4, 0.5) is 0 Å². The number of hydrogen-bond donors (Lipinski definition) is 1. The number of carbonyl (C=O) groups is 2. The number of ether oxygens (including phenoxy) is 3. The fraction of sp³-hybridized carbons (Fsp3) is 0.360. The van der Waals surface area contributed by atoms with Crippen LogP contribution in [0.2, 0.25) is 0 Å². The third-order valence-electron chi connectivity index (χ3n) is 5.84. The first kappa shape index (κ1) is 23.6. The molecule has 0 radical (unpaired) electrons. The molecule has 9 nitrogen and oxygen atoms in total. The van der Waals surface area contributed by atoms with Gasteiger partial charge in [0.15, 0.2) is 5.60 Å². The second-order valence-electron chi connectivity index (χ2n) is 8.35. The van der Waals surface area contributed by atoms with E-state index in [-0.39, 0.29) is 18.2 Å². The van der Waals surface area contributed by atoms with Gasteiger partial charge >= 0.3 is 0 Å². The predicted molar refractivity (Wildman–Crippen MR) is 126 cm³/mol. The summed E-state index contributed by atoms with van der Waals surface area (Å²) >= 11 is 0. The van der Waals surface area contributed by atoms with Crippen LogP contribution in [0.1, 0.15) is 23.3 Å². The molecular formula is C25H28N4O5. The average molecular weight is 465 g/mol. The number of aromatic nitrogens is 2. The van der Waals surface area contributed by atoms with Crippen molar-refractivity contribution in [3.8, 4) is 16.9 Å². The summed E-state index contributed by atoms with van der Waals surface area (Å²) in [5, 5.41) is 0.814. The van der Waals surface area contributed by atoms with E-state index in [4.69, 9.17) is 19.9 Å². The van der Waals surface area contributed by atoms with Gasteiger partial charge in [0, 0.05) is 63.5 Å². The van der Waals surface area contributed by atoms with Crippen molar-refractivity contribution < 1.29 is 23.8 Å². The Morgan fingerprint density at radius 3 is 2.47 bits per heavy atom. The third-order valence-corrected chi connectivity index (χ3v) is 5.84. The number of hydrogen-bond acceptors (Lipinski definition) is 7. The molecule has 1 aliphatic heterocycles. The molecule has 1 fully saturated rings. The van der Waals surface area contributed by atoms with Crippen LogP contribution < -0.4 is 10.5 Å². The fourth-order valence-electron chi connectivity index (χ4n) is 4.05. The van der Waals surface area contributed by atoms with E-state index in [1.807, 2.05) is 24.3 Å². The summed E-state index contributed by atoms with van der Waals surface area (Å²) in [6.07, 6.45) is 4.46.